The Morgan fingerprint density at radius 2 is 1.95 bits per heavy atom. The van der Waals surface area contributed by atoms with Crippen molar-refractivity contribution in [2.45, 2.75) is 19.4 Å². The van der Waals surface area contributed by atoms with Crippen molar-refractivity contribution < 1.29 is 9.53 Å². The van der Waals surface area contributed by atoms with Crippen molar-refractivity contribution in [2.75, 3.05) is 13.7 Å². The lowest BCUT2D eigenvalue weighted by molar-refractivity contribution is 0.00315. The molecular formula is C18H20ClNO2. The SMILES string of the molecule is COC(C)(CNC(=O)c1ccccc1C)c1cccc(Cl)c1. The number of aryl methyl sites for hydroxylation is 1. The zero-order chi connectivity index (χ0) is 16.2. The molecule has 1 atom stereocenters. The molecule has 0 aliphatic rings. The number of hydrogen-bond acceptors (Lipinski definition) is 2. The van der Waals surface area contributed by atoms with E-state index in [-0.39, 0.29) is 5.91 Å². The second kappa shape index (κ2) is 6.95. The average molecular weight is 318 g/mol. The molecule has 1 unspecified atom stereocenters. The molecule has 0 radical (unpaired) electrons. The number of halogens is 1. The van der Waals surface area contributed by atoms with Crippen LogP contribution in [0.5, 0.6) is 0 Å². The summed E-state index contributed by atoms with van der Waals surface area (Å²) in [6, 6.07) is 15.0. The van der Waals surface area contributed by atoms with Gasteiger partial charge in [-0.2, -0.15) is 0 Å². The summed E-state index contributed by atoms with van der Waals surface area (Å²) in [6.07, 6.45) is 0. The number of carbonyl (C=O) groups is 1. The fourth-order valence-corrected chi connectivity index (χ4v) is 2.47. The van der Waals surface area contributed by atoms with E-state index in [9.17, 15) is 4.79 Å². The Labute approximate surface area is 136 Å². The highest BCUT2D eigenvalue weighted by atomic mass is 35.5. The van der Waals surface area contributed by atoms with Gasteiger partial charge in [-0.05, 0) is 43.2 Å². The maximum Gasteiger partial charge on any atom is 0.251 e. The van der Waals surface area contributed by atoms with E-state index in [1.807, 2.05) is 62.4 Å². The monoisotopic (exact) mass is 317 g/mol. The second-order valence-electron chi connectivity index (χ2n) is 5.44. The highest BCUT2D eigenvalue weighted by molar-refractivity contribution is 6.30. The van der Waals surface area contributed by atoms with Crippen molar-refractivity contribution in [1.29, 1.82) is 0 Å². The summed E-state index contributed by atoms with van der Waals surface area (Å²) in [5.74, 6) is -0.108. The van der Waals surface area contributed by atoms with Crippen LogP contribution in [0.4, 0.5) is 0 Å². The van der Waals surface area contributed by atoms with Crippen LogP contribution in [0.2, 0.25) is 5.02 Å². The molecule has 1 amide bonds. The van der Waals surface area contributed by atoms with Crippen molar-refractivity contribution in [3.63, 3.8) is 0 Å². The molecule has 0 aliphatic heterocycles. The van der Waals surface area contributed by atoms with Crippen LogP contribution in [0.3, 0.4) is 0 Å². The molecule has 0 spiro atoms. The third-order valence-electron chi connectivity index (χ3n) is 3.86. The Bertz CT molecular complexity index is 672. The summed E-state index contributed by atoms with van der Waals surface area (Å²) < 4.78 is 5.62. The summed E-state index contributed by atoms with van der Waals surface area (Å²) in [5, 5.41) is 3.59. The molecular weight excluding hydrogens is 298 g/mol. The minimum absolute atomic E-state index is 0.108. The van der Waals surface area contributed by atoms with Gasteiger partial charge in [-0.25, -0.2) is 0 Å². The maximum absolute atomic E-state index is 12.3. The van der Waals surface area contributed by atoms with Gasteiger partial charge in [0.1, 0.15) is 5.60 Å². The highest BCUT2D eigenvalue weighted by Crippen LogP contribution is 2.26. The van der Waals surface area contributed by atoms with E-state index in [1.54, 1.807) is 7.11 Å². The van der Waals surface area contributed by atoms with Crippen molar-refractivity contribution in [3.05, 3.63) is 70.2 Å². The molecule has 0 saturated carbocycles. The summed E-state index contributed by atoms with van der Waals surface area (Å²) in [6.45, 7) is 4.20. The molecule has 116 valence electrons. The quantitative estimate of drug-likeness (QED) is 0.907. The van der Waals surface area contributed by atoms with Crippen molar-refractivity contribution in [2.24, 2.45) is 0 Å². The largest absolute Gasteiger partial charge is 0.372 e. The van der Waals surface area contributed by atoms with Crippen LogP contribution in [0.15, 0.2) is 48.5 Å². The summed E-state index contributed by atoms with van der Waals surface area (Å²) in [4.78, 5) is 12.3. The van der Waals surface area contributed by atoms with E-state index < -0.39 is 5.60 Å². The smallest absolute Gasteiger partial charge is 0.251 e. The lowest BCUT2D eigenvalue weighted by Crippen LogP contribution is -2.40. The fourth-order valence-electron chi connectivity index (χ4n) is 2.28. The van der Waals surface area contributed by atoms with Crippen molar-refractivity contribution in [3.8, 4) is 0 Å². The minimum Gasteiger partial charge on any atom is -0.372 e. The number of ether oxygens (including phenoxy) is 1. The van der Waals surface area contributed by atoms with Gasteiger partial charge in [-0.3, -0.25) is 4.79 Å². The Morgan fingerprint density at radius 1 is 1.23 bits per heavy atom. The van der Waals surface area contributed by atoms with E-state index in [1.165, 1.54) is 0 Å². The van der Waals surface area contributed by atoms with Gasteiger partial charge in [0.25, 0.3) is 5.91 Å². The molecule has 2 aromatic carbocycles. The number of rotatable bonds is 5. The Hall–Kier alpha value is -1.84. The molecule has 0 fully saturated rings. The van der Waals surface area contributed by atoms with E-state index in [0.717, 1.165) is 11.1 Å². The normalized spacial score (nSPS) is 13.5. The van der Waals surface area contributed by atoms with Gasteiger partial charge in [0.2, 0.25) is 0 Å². The van der Waals surface area contributed by atoms with Crippen LogP contribution >= 0.6 is 11.6 Å². The number of methoxy groups -OCH3 is 1. The number of hydrogen-bond donors (Lipinski definition) is 1. The number of benzene rings is 2. The third kappa shape index (κ3) is 3.67. The molecule has 0 aliphatic carbocycles. The average Bonchev–Trinajstić information content (AvgIpc) is 2.52. The van der Waals surface area contributed by atoms with Crippen LogP contribution in [-0.4, -0.2) is 19.6 Å². The van der Waals surface area contributed by atoms with Gasteiger partial charge in [0.05, 0.1) is 6.54 Å². The summed E-state index contributed by atoms with van der Waals surface area (Å²) >= 11 is 6.04. The first-order valence-corrected chi connectivity index (χ1v) is 7.49. The van der Waals surface area contributed by atoms with Crippen LogP contribution < -0.4 is 5.32 Å². The first-order valence-electron chi connectivity index (χ1n) is 7.11. The molecule has 1 N–H and O–H groups in total. The molecule has 0 aromatic heterocycles. The van der Waals surface area contributed by atoms with E-state index in [4.69, 9.17) is 16.3 Å². The minimum atomic E-state index is -0.636. The van der Waals surface area contributed by atoms with Crippen LogP contribution in [0, 0.1) is 6.92 Å². The first-order chi connectivity index (χ1) is 10.5. The number of amides is 1. The van der Waals surface area contributed by atoms with E-state index in [0.29, 0.717) is 17.1 Å². The Kier molecular flexibility index (Phi) is 5.22. The van der Waals surface area contributed by atoms with E-state index in [2.05, 4.69) is 5.32 Å². The predicted molar refractivity (Wildman–Crippen MR) is 89.3 cm³/mol. The molecule has 3 nitrogen and oxygen atoms in total. The van der Waals surface area contributed by atoms with Gasteiger partial charge in [-0.15, -0.1) is 0 Å². The molecule has 0 bridgehead atoms. The van der Waals surface area contributed by atoms with Crippen LogP contribution in [-0.2, 0) is 10.3 Å². The predicted octanol–water partition coefficient (Wildman–Crippen LogP) is 3.94. The van der Waals surface area contributed by atoms with Gasteiger partial charge in [0.15, 0.2) is 0 Å². The zero-order valence-electron chi connectivity index (χ0n) is 13.0. The van der Waals surface area contributed by atoms with E-state index >= 15 is 0 Å². The van der Waals surface area contributed by atoms with Gasteiger partial charge in [-0.1, -0.05) is 41.9 Å². The zero-order valence-corrected chi connectivity index (χ0v) is 13.8. The third-order valence-corrected chi connectivity index (χ3v) is 4.10. The van der Waals surface area contributed by atoms with Gasteiger partial charge in [0, 0.05) is 17.7 Å². The topological polar surface area (TPSA) is 38.3 Å². The maximum atomic E-state index is 12.3. The Balaban J connectivity index is 2.14. The standard InChI is InChI=1S/C18H20ClNO2/c1-13-7-4-5-10-16(13)17(21)20-12-18(2,22-3)14-8-6-9-15(19)11-14/h4-11H,12H2,1-3H3,(H,20,21). The lowest BCUT2D eigenvalue weighted by atomic mass is 9.95. The number of carbonyl (C=O) groups excluding carboxylic acids is 1. The molecule has 0 saturated heterocycles. The first kappa shape index (κ1) is 16.5. The van der Waals surface area contributed by atoms with Gasteiger partial charge < -0.3 is 10.1 Å². The summed E-state index contributed by atoms with van der Waals surface area (Å²) in [7, 11) is 1.63. The van der Waals surface area contributed by atoms with Crippen molar-refractivity contribution in [1.82, 2.24) is 5.32 Å². The van der Waals surface area contributed by atoms with Crippen LogP contribution in [0.1, 0.15) is 28.4 Å². The van der Waals surface area contributed by atoms with Crippen molar-refractivity contribution >= 4 is 17.5 Å². The molecule has 0 heterocycles. The molecule has 4 heteroatoms. The number of nitrogens with one attached hydrogen (secondary N) is 1. The lowest BCUT2D eigenvalue weighted by Gasteiger charge is -2.29. The Morgan fingerprint density at radius 3 is 2.59 bits per heavy atom. The molecule has 2 rings (SSSR count). The second-order valence-corrected chi connectivity index (χ2v) is 5.88. The molecule has 2 aromatic rings. The summed E-state index contributed by atoms with van der Waals surface area (Å²) in [5.41, 5.74) is 1.91. The van der Waals surface area contributed by atoms with Gasteiger partial charge >= 0.3 is 0 Å². The highest BCUT2D eigenvalue weighted by Gasteiger charge is 2.27. The molecule has 22 heavy (non-hydrogen) atoms. The fraction of sp³-hybridized carbons (Fsp3) is 0.278. The van der Waals surface area contributed by atoms with Crippen LogP contribution in [0.25, 0.3) is 0 Å².